The van der Waals surface area contributed by atoms with Crippen molar-refractivity contribution in [1.82, 2.24) is 4.90 Å². The number of phenols is 1. The molecule has 1 aliphatic carbocycles. The number of carbonyl (C=O) groups is 1. The summed E-state index contributed by atoms with van der Waals surface area (Å²) in [5.74, 6) is 0.709. The molecule has 0 bridgehead atoms. The largest absolute Gasteiger partial charge is 0.505 e. The number of rotatable bonds is 5. The molecule has 2 aromatic rings. The van der Waals surface area contributed by atoms with Crippen molar-refractivity contribution in [3.05, 3.63) is 53.6 Å². The van der Waals surface area contributed by atoms with Gasteiger partial charge in [-0.15, -0.1) is 0 Å². The summed E-state index contributed by atoms with van der Waals surface area (Å²) >= 11 is 0. The minimum atomic E-state index is -0.287. The number of nitrogens with zero attached hydrogens (tertiary/aromatic N) is 1. The molecule has 2 amide bonds. The van der Waals surface area contributed by atoms with Crippen LogP contribution in [-0.2, 0) is 12.0 Å². The van der Waals surface area contributed by atoms with E-state index in [1.54, 1.807) is 13.2 Å². The normalized spacial score (nSPS) is 14.9. The van der Waals surface area contributed by atoms with Crippen molar-refractivity contribution in [2.75, 3.05) is 12.4 Å². The molecule has 5 nitrogen and oxygen atoms in total. The van der Waals surface area contributed by atoms with Gasteiger partial charge < -0.3 is 20.1 Å². The Kier molecular flexibility index (Phi) is 6.91. The number of nitrogens with one attached hydrogen (secondary N) is 1. The molecule has 162 valence electrons. The zero-order valence-electron chi connectivity index (χ0n) is 18.6. The Bertz CT molecular complexity index is 853. The van der Waals surface area contributed by atoms with E-state index in [0.717, 1.165) is 36.8 Å². The van der Waals surface area contributed by atoms with Gasteiger partial charge in [0.05, 0.1) is 12.8 Å². The van der Waals surface area contributed by atoms with E-state index in [0.29, 0.717) is 18.0 Å². The van der Waals surface area contributed by atoms with Crippen molar-refractivity contribution < 1.29 is 14.6 Å². The van der Waals surface area contributed by atoms with Crippen LogP contribution in [-0.4, -0.2) is 29.2 Å². The number of carbonyl (C=O) groups excluding carboxylic acids is 1. The third-order valence-electron chi connectivity index (χ3n) is 5.84. The molecule has 0 saturated heterocycles. The summed E-state index contributed by atoms with van der Waals surface area (Å²) in [5.41, 5.74) is 1.94. The summed E-state index contributed by atoms with van der Waals surface area (Å²) in [4.78, 5) is 15.3. The highest BCUT2D eigenvalue weighted by atomic mass is 16.5. The maximum atomic E-state index is 13.4. The summed E-state index contributed by atoms with van der Waals surface area (Å²) in [6, 6.07) is 13.6. The molecule has 5 heteroatoms. The minimum absolute atomic E-state index is 0.0972. The molecular formula is C25H34N2O3. The average Bonchev–Trinajstić information content (AvgIpc) is 2.74. The van der Waals surface area contributed by atoms with Crippen molar-refractivity contribution in [1.29, 1.82) is 0 Å². The number of benzene rings is 2. The molecule has 0 aromatic heterocycles. The Balaban J connectivity index is 1.89. The summed E-state index contributed by atoms with van der Waals surface area (Å²) in [6.45, 7) is 6.62. The summed E-state index contributed by atoms with van der Waals surface area (Å²) in [6.07, 6.45) is 5.53. The van der Waals surface area contributed by atoms with Crippen LogP contribution in [0.15, 0.2) is 42.5 Å². The van der Waals surface area contributed by atoms with Gasteiger partial charge in [-0.05, 0) is 29.9 Å². The van der Waals surface area contributed by atoms with E-state index >= 15 is 0 Å². The molecule has 2 N–H and O–H groups in total. The standard InChI is InChI=1S/C25H34N2O3/c1-25(2,3)21-15-20(30-4)16-22(23(21)28)26-24(29)27(19-13-9-6-10-14-19)17-18-11-7-5-8-12-18/h5,7-8,11-12,15-16,19,28H,6,9-10,13-14,17H2,1-4H3,(H,26,29). The van der Waals surface area contributed by atoms with E-state index < -0.39 is 0 Å². The molecule has 30 heavy (non-hydrogen) atoms. The average molecular weight is 411 g/mol. The van der Waals surface area contributed by atoms with Crippen LogP contribution in [0.3, 0.4) is 0 Å². The SMILES string of the molecule is COc1cc(NC(=O)N(Cc2ccccc2)C2CCCCC2)c(O)c(C(C)(C)C)c1. The Hall–Kier alpha value is -2.69. The number of amides is 2. The van der Waals surface area contributed by atoms with Crippen LogP contribution in [0, 0.1) is 0 Å². The van der Waals surface area contributed by atoms with Gasteiger partial charge in [-0.1, -0.05) is 70.4 Å². The number of hydrogen-bond acceptors (Lipinski definition) is 3. The first-order valence-corrected chi connectivity index (χ1v) is 10.8. The molecule has 0 atom stereocenters. The first kappa shape index (κ1) is 22.0. The van der Waals surface area contributed by atoms with Crippen LogP contribution in [0.25, 0.3) is 0 Å². The lowest BCUT2D eigenvalue weighted by Crippen LogP contribution is -2.43. The highest BCUT2D eigenvalue weighted by molar-refractivity contribution is 5.92. The van der Waals surface area contributed by atoms with Crippen LogP contribution < -0.4 is 10.1 Å². The van der Waals surface area contributed by atoms with Crippen LogP contribution >= 0.6 is 0 Å². The van der Waals surface area contributed by atoms with Gasteiger partial charge in [0.15, 0.2) is 0 Å². The maximum absolute atomic E-state index is 13.4. The Morgan fingerprint density at radius 1 is 1.13 bits per heavy atom. The molecule has 0 heterocycles. The van der Waals surface area contributed by atoms with E-state index in [9.17, 15) is 9.90 Å². The second-order valence-corrected chi connectivity index (χ2v) is 9.16. The van der Waals surface area contributed by atoms with Crippen LogP contribution in [0.5, 0.6) is 11.5 Å². The Morgan fingerprint density at radius 2 is 1.80 bits per heavy atom. The lowest BCUT2D eigenvalue weighted by molar-refractivity contribution is 0.162. The van der Waals surface area contributed by atoms with E-state index in [2.05, 4.69) is 5.32 Å². The van der Waals surface area contributed by atoms with Crippen molar-refractivity contribution in [3.63, 3.8) is 0 Å². The number of aromatic hydroxyl groups is 1. The molecule has 1 aliphatic rings. The van der Waals surface area contributed by atoms with Gasteiger partial charge in [0.1, 0.15) is 11.5 Å². The zero-order chi connectivity index (χ0) is 21.7. The number of methoxy groups -OCH3 is 1. The fourth-order valence-corrected chi connectivity index (χ4v) is 4.12. The Labute approximate surface area is 180 Å². The van der Waals surface area contributed by atoms with Gasteiger partial charge in [0.2, 0.25) is 0 Å². The molecule has 0 spiro atoms. The quantitative estimate of drug-likeness (QED) is 0.589. The third kappa shape index (κ3) is 5.26. The summed E-state index contributed by atoms with van der Waals surface area (Å²) in [5, 5.41) is 13.9. The van der Waals surface area contributed by atoms with Gasteiger partial charge in [-0.2, -0.15) is 0 Å². The van der Waals surface area contributed by atoms with E-state index in [1.165, 1.54) is 6.42 Å². The van der Waals surface area contributed by atoms with Gasteiger partial charge in [-0.3, -0.25) is 0 Å². The van der Waals surface area contributed by atoms with Gasteiger partial charge in [0, 0.05) is 24.2 Å². The minimum Gasteiger partial charge on any atom is -0.505 e. The van der Waals surface area contributed by atoms with E-state index in [4.69, 9.17) is 4.74 Å². The fraction of sp³-hybridized carbons (Fsp3) is 0.480. The molecule has 0 aliphatic heterocycles. The molecule has 2 aromatic carbocycles. The summed E-state index contributed by atoms with van der Waals surface area (Å²) < 4.78 is 5.42. The zero-order valence-corrected chi connectivity index (χ0v) is 18.6. The number of hydrogen-bond donors (Lipinski definition) is 2. The maximum Gasteiger partial charge on any atom is 0.322 e. The highest BCUT2D eigenvalue weighted by Gasteiger charge is 2.28. The van der Waals surface area contributed by atoms with Crippen molar-refractivity contribution in [2.45, 2.75) is 70.9 Å². The number of ether oxygens (including phenoxy) is 1. The second-order valence-electron chi connectivity index (χ2n) is 9.16. The molecule has 3 rings (SSSR count). The van der Waals surface area contributed by atoms with Crippen molar-refractivity contribution >= 4 is 11.7 Å². The van der Waals surface area contributed by atoms with E-state index in [-0.39, 0.29) is 23.2 Å². The Morgan fingerprint density at radius 3 is 2.40 bits per heavy atom. The van der Waals surface area contributed by atoms with Gasteiger partial charge in [-0.25, -0.2) is 4.79 Å². The van der Waals surface area contributed by atoms with Crippen molar-refractivity contribution in [2.24, 2.45) is 0 Å². The van der Waals surface area contributed by atoms with Crippen LogP contribution in [0.4, 0.5) is 10.5 Å². The van der Waals surface area contributed by atoms with Crippen molar-refractivity contribution in [3.8, 4) is 11.5 Å². The molecular weight excluding hydrogens is 376 g/mol. The smallest absolute Gasteiger partial charge is 0.322 e. The predicted octanol–water partition coefficient (Wildman–Crippen LogP) is 6.07. The first-order chi connectivity index (χ1) is 14.3. The van der Waals surface area contributed by atoms with Gasteiger partial charge in [0.25, 0.3) is 0 Å². The molecule has 0 radical (unpaired) electrons. The predicted molar refractivity (Wildman–Crippen MR) is 121 cm³/mol. The molecule has 1 saturated carbocycles. The highest BCUT2D eigenvalue weighted by Crippen LogP contribution is 2.40. The van der Waals surface area contributed by atoms with Crippen LogP contribution in [0.1, 0.15) is 64.0 Å². The molecule has 0 unspecified atom stereocenters. The molecule has 1 fully saturated rings. The second kappa shape index (κ2) is 9.41. The van der Waals surface area contributed by atoms with Gasteiger partial charge >= 0.3 is 6.03 Å². The number of phenolic OH excluding ortho intramolecular Hbond substituents is 1. The van der Waals surface area contributed by atoms with E-state index in [1.807, 2.05) is 62.1 Å². The lowest BCUT2D eigenvalue weighted by atomic mass is 9.85. The third-order valence-corrected chi connectivity index (χ3v) is 5.84. The number of anilines is 1. The number of urea groups is 1. The lowest BCUT2D eigenvalue weighted by Gasteiger charge is -2.35. The van der Waals surface area contributed by atoms with Crippen LogP contribution in [0.2, 0.25) is 0 Å². The monoisotopic (exact) mass is 410 g/mol. The topological polar surface area (TPSA) is 61.8 Å². The first-order valence-electron chi connectivity index (χ1n) is 10.8. The summed E-state index contributed by atoms with van der Waals surface area (Å²) in [7, 11) is 1.59. The fourth-order valence-electron chi connectivity index (χ4n) is 4.12.